The molecule has 33 heavy (non-hydrogen) atoms. The number of hydrogen-bond acceptors (Lipinski definition) is 12. The van der Waals surface area contributed by atoms with Crippen LogP contribution >= 0.6 is 15.9 Å². The second-order valence-electron chi connectivity index (χ2n) is 6.66. The smallest absolute Gasteiger partial charge is 0.339 e. The standard InChI is InChI=1S/C19H20BrNO12/c1-8(22)29-14-15(30-9(2)23)17(31-10(3)24)19(33-16(14)18(25)28-4)32-13-6-5-11(20)7-12(13)21(26)27/h5-7,14-17,19H,1-4H3/t14?,15-,16-,17+,19+/m0/s1. The molecule has 0 N–H and O–H groups in total. The van der Waals surface area contributed by atoms with E-state index in [9.17, 15) is 29.3 Å². The molecular formula is C19H20BrNO12. The number of nitro groups is 1. The van der Waals surface area contributed by atoms with Gasteiger partial charge in [-0.1, -0.05) is 15.9 Å². The first-order valence-corrected chi connectivity index (χ1v) is 10.1. The van der Waals surface area contributed by atoms with Crippen molar-refractivity contribution < 1.29 is 52.5 Å². The molecule has 14 heteroatoms. The lowest BCUT2D eigenvalue weighted by Crippen LogP contribution is -2.64. The van der Waals surface area contributed by atoms with Crippen LogP contribution < -0.4 is 4.74 Å². The van der Waals surface area contributed by atoms with Gasteiger partial charge in [-0.2, -0.15) is 0 Å². The van der Waals surface area contributed by atoms with E-state index in [0.29, 0.717) is 4.47 Å². The maximum atomic E-state index is 12.4. The van der Waals surface area contributed by atoms with E-state index in [1.807, 2.05) is 0 Å². The summed E-state index contributed by atoms with van der Waals surface area (Å²) >= 11 is 3.11. The molecule has 0 aromatic heterocycles. The first-order valence-electron chi connectivity index (χ1n) is 9.30. The molecule has 180 valence electrons. The van der Waals surface area contributed by atoms with Gasteiger partial charge in [0.1, 0.15) is 0 Å². The van der Waals surface area contributed by atoms with Gasteiger partial charge in [-0.05, 0) is 12.1 Å². The van der Waals surface area contributed by atoms with Crippen LogP contribution in [0.4, 0.5) is 5.69 Å². The molecule has 1 fully saturated rings. The molecule has 0 saturated carbocycles. The largest absolute Gasteiger partial charge is 0.467 e. The highest BCUT2D eigenvalue weighted by molar-refractivity contribution is 9.10. The van der Waals surface area contributed by atoms with E-state index in [0.717, 1.165) is 33.9 Å². The van der Waals surface area contributed by atoms with E-state index in [1.165, 1.54) is 12.1 Å². The van der Waals surface area contributed by atoms with Crippen LogP contribution in [0.25, 0.3) is 0 Å². The Balaban J connectivity index is 2.58. The molecule has 13 nitrogen and oxygen atoms in total. The first kappa shape index (κ1) is 26.0. The third-order valence-electron chi connectivity index (χ3n) is 4.20. The lowest BCUT2D eigenvalue weighted by molar-refractivity contribution is -0.387. The van der Waals surface area contributed by atoms with Crippen LogP contribution in [0.2, 0.25) is 0 Å². The fourth-order valence-electron chi connectivity index (χ4n) is 3.03. The Labute approximate surface area is 195 Å². The number of nitrogens with zero attached hydrogens (tertiary/aromatic N) is 1. The molecule has 1 saturated heterocycles. The van der Waals surface area contributed by atoms with Gasteiger partial charge in [0.05, 0.1) is 12.0 Å². The number of esters is 4. The predicted molar refractivity (Wildman–Crippen MR) is 109 cm³/mol. The van der Waals surface area contributed by atoms with E-state index >= 15 is 0 Å². The van der Waals surface area contributed by atoms with Crippen molar-refractivity contribution in [1.82, 2.24) is 0 Å². The van der Waals surface area contributed by atoms with E-state index < -0.39 is 65.2 Å². The molecule has 1 heterocycles. The number of ether oxygens (including phenoxy) is 6. The van der Waals surface area contributed by atoms with Crippen LogP contribution in [0.1, 0.15) is 20.8 Å². The maximum Gasteiger partial charge on any atom is 0.339 e. The van der Waals surface area contributed by atoms with Crippen molar-refractivity contribution >= 4 is 45.5 Å². The Kier molecular flexibility index (Phi) is 8.70. The fourth-order valence-corrected chi connectivity index (χ4v) is 3.38. The zero-order valence-electron chi connectivity index (χ0n) is 17.8. The van der Waals surface area contributed by atoms with Gasteiger partial charge in [-0.3, -0.25) is 24.5 Å². The molecule has 0 amide bonds. The second kappa shape index (κ2) is 11.0. The number of methoxy groups -OCH3 is 1. The summed E-state index contributed by atoms with van der Waals surface area (Å²) in [5.41, 5.74) is -0.477. The Morgan fingerprint density at radius 3 is 2.03 bits per heavy atom. The highest BCUT2D eigenvalue weighted by Crippen LogP contribution is 2.35. The van der Waals surface area contributed by atoms with Gasteiger partial charge in [0.25, 0.3) is 0 Å². The molecule has 0 bridgehead atoms. The van der Waals surface area contributed by atoms with E-state index in [-0.39, 0.29) is 5.75 Å². The highest BCUT2D eigenvalue weighted by Gasteiger charge is 2.56. The minimum absolute atomic E-state index is 0.304. The van der Waals surface area contributed by atoms with Crippen molar-refractivity contribution in [3.8, 4) is 5.75 Å². The third kappa shape index (κ3) is 6.61. The van der Waals surface area contributed by atoms with Crippen LogP contribution in [0.15, 0.2) is 22.7 Å². The first-order chi connectivity index (χ1) is 15.4. The van der Waals surface area contributed by atoms with Crippen molar-refractivity contribution in [3.05, 3.63) is 32.8 Å². The summed E-state index contributed by atoms with van der Waals surface area (Å²) in [4.78, 5) is 58.3. The monoisotopic (exact) mass is 533 g/mol. The fraction of sp³-hybridized carbons (Fsp3) is 0.474. The van der Waals surface area contributed by atoms with Crippen molar-refractivity contribution in [2.45, 2.75) is 51.5 Å². The molecule has 1 unspecified atom stereocenters. The van der Waals surface area contributed by atoms with Gasteiger partial charge in [0.15, 0.2) is 18.3 Å². The molecule has 0 spiro atoms. The number of carbonyl (C=O) groups is 4. The third-order valence-corrected chi connectivity index (χ3v) is 4.69. The summed E-state index contributed by atoms with van der Waals surface area (Å²) in [5.74, 6) is -3.93. The Bertz CT molecular complexity index is 951. The number of halogens is 1. The van der Waals surface area contributed by atoms with Gasteiger partial charge in [-0.15, -0.1) is 0 Å². The van der Waals surface area contributed by atoms with Crippen LogP contribution in [0, 0.1) is 10.1 Å². The summed E-state index contributed by atoms with van der Waals surface area (Å²) in [7, 11) is 1.03. The lowest BCUT2D eigenvalue weighted by Gasteiger charge is -2.42. The number of hydrogen-bond donors (Lipinski definition) is 0. The van der Waals surface area contributed by atoms with E-state index in [1.54, 1.807) is 0 Å². The van der Waals surface area contributed by atoms with Crippen LogP contribution in [0.5, 0.6) is 5.75 Å². The van der Waals surface area contributed by atoms with Gasteiger partial charge < -0.3 is 28.4 Å². The van der Waals surface area contributed by atoms with E-state index in [2.05, 4.69) is 20.7 Å². The molecule has 1 aliphatic rings. The summed E-state index contributed by atoms with van der Waals surface area (Å²) < 4.78 is 31.8. The van der Waals surface area contributed by atoms with Crippen molar-refractivity contribution in [1.29, 1.82) is 0 Å². The topological polar surface area (TPSA) is 167 Å². The molecule has 1 aromatic carbocycles. The average molecular weight is 534 g/mol. The maximum absolute atomic E-state index is 12.4. The van der Waals surface area contributed by atoms with Crippen LogP contribution in [0.3, 0.4) is 0 Å². The van der Waals surface area contributed by atoms with Crippen molar-refractivity contribution in [3.63, 3.8) is 0 Å². The van der Waals surface area contributed by atoms with Crippen molar-refractivity contribution in [2.75, 3.05) is 7.11 Å². The molecule has 1 aliphatic heterocycles. The summed E-state index contributed by atoms with van der Waals surface area (Å²) in [6.45, 7) is 3.11. The predicted octanol–water partition coefficient (Wildman–Crippen LogP) is 1.43. The molecule has 0 aliphatic carbocycles. The minimum atomic E-state index is -1.70. The van der Waals surface area contributed by atoms with E-state index in [4.69, 9.17) is 23.7 Å². The van der Waals surface area contributed by atoms with Crippen molar-refractivity contribution in [2.24, 2.45) is 0 Å². The quantitative estimate of drug-likeness (QED) is 0.214. The second-order valence-corrected chi connectivity index (χ2v) is 7.57. The zero-order valence-corrected chi connectivity index (χ0v) is 19.4. The highest BCUT2D eigenvalue weighted by atomic mass is 79.9. The number of rotatable bonds is 7. The Hall–Kier alpha value is -3.26. The van der Waals surface area contributed by atoms with Gasteiger partial charge in [0, 0.05) is 31.3 Å². The Morgan fingerprint density at radius 2 is 1.52 bits per heavy atom. The molecule has 5 atom stereocenters. The normalized spacial score (nSPS) is 24.2. The molecular weight excluding hydrogens is 514 g/mol. The molecule has 1 aromatic rings. The SMILES string of the molecule is COC(=O)[C@H]1O[C@@H](Oc2ccc(Br)cc2[N+](=O)[O-])[C@H](OC(C)=O)[C@@H](OC(C)=O)C1OC(C)=O. The minimum Gasteiger partial charge on any atom is -0.467 e. The summed E-state index contributed by atoms with van der Waals surface area (Å²) in [6.07, 6.45) is -8.13. The summed E-state index contributed by atoms with van der Waals surface area (Å²) in [6, 6.07) is 3.83. The van der Waals surface area contributed by atoms with Gasteiger partial charge >= 0.3 is 29.6 Å². The summed E-state index contributed by atoms with van der Waals surface area (Å²) in [5, 5.41) is 11.5. The molecule has 0 radical (unpaired) electrons. The number of benzene rings is 1. The van der Waals surface area contributed by atoms with Gasteiger partial charge in [-0.25, -0.2) is 4.79 Å². The average Bonchev–Trinajstić information content (AvgIpc) is 2.71. The number of carbonyl (C=O) groups excluding carboxylic acids is 4. The Morgan fingerprint density at radius 1 is 0.970 bits per heavy atom. The molecule has 2 rings (SSSR count). The van der Waals surface area contributed by atoms with Crippen LogP contribution in [-0.4, -0.2) is 66.6 Å². The lowest BCUT2D eigenvalue weighted by atomic mass is 9.97. The number of nitro benzene ring substituents is 1. The van der Waals surface area contributed by atoms with Gasteiger partial charge in [0.2, 0.25) is 18.1 Å². The van der Waals surface area contributed by atoms with Crippen LogP contribution in [-0.2, 0) is 42.9 Å². The zero-order chi connectivity index (χ0) is 24.9.